The summed E-state index contributed by atoms with van der Waals surface area (Å²) in [7, 11) is 0. The van der Waals surface area contributed by atoms with E-state index in [1.807, 2.05) is 45.5 Å². The second-order valence-corrected chi connectivity index (χ2v) is 10.1. The Balaban J connectivity index is 0.00000176. The van der Waals surface area contributed by atoms with E-state index in [0.29, 0.717) is 0 Å². The van der Waals surface area contributed by atoms with E-state index in [2.05, 4.69) is 41.6 Å². The summed E-state index contributed by atoms with van der Waals surface area (Å²) in [6, 6.07) is 7.64. The summed E-state index contributed by atoms with van der Waals surface area (Å²) in [4.78, 5) is 28.1. The lowest BCUT2D eigenvalue weighted by atomic mass is 9.92. The van der Waals surface area contributed by atoms with Crippen LogP contribution in [0.15, 0.2) is 30.5 Å². The molecule has 1 aliphatic carbocycles. The van der Waals surface area contributed by atoms with Gasteiger partial charge in [-0.3, -0.25) is 14.3 Å². The maximum absolute atomic E-state index is 13.5. The normalized spacial score (nSPS) is 22.3. The van der Waals surface area contributed by atoms with Crippen LogP contribution in [-0.4, -0.2) is 50.3 Å². The number of fused-ring (bicyclic) bond motifs is 1. The molecule has 1 aromatic carbocycles. The molecule has 2 aliphatic rings. The van der Waals surface area contributed by atoms with Crippen molar-refractivity contribution in [2.24, 2.45) is 11.8 Å². The van der Waals surface area contributed by atoms with Gasteiger partial charge in [-0.2, -0.15) is 5.10 Å². The van der Waals surface area contributed by atoms with E-state index >= 15 is 0 Å². The van der Waals surface area contributed by atoms with Gasteiger partial charge in [-0.1, -0.05) is 59.2 Å². The number of carbonyl (C=O) groups excluding carboxylic acids is 2. The second kappa shape index (κ2) is 12.5. The molecule has 1 fully saturated rings. The molecular weight excluding hydrogens is 452 g/mol. The van der Waals surface area contributed by atoms with Crippen molar-refractivity contribution in [2.75, 3.05) is 6.54 Å². The Kier molecular flexibility index (Phi) is 9.71. The third kappa shape index (κ3) is 5.83. The minimum absolute atomic E-state index is 0.0527. The Morgan fingerprint density at radius 3 is 2.61 bits per heavy atom. The lowest BCUT2D eigenvalue weighted by molar-refractivity contribution is -0.142. The van der Waals surface area contributed by atoms with Crippen LogP contribution in [0, 0.1) is 11.8 Å². The molecule has 2 N–H and O–H groups in total. The average molecular weight is 497 g/mol. The van der Waals surface area contributed by atoms with Gasteiger partial charge in [-0.15, -0.1) is 0 Å². The molecule has 2 amide bonds. The maximum atomic E-state index is 13.5. The number of benzene rings is 1. The zero-order valence-electron chi connectivity index (χ0n) is 22.8. The minimum Gasteiger partial charge on any atom is -0.391 e. The highest BCUT2D eigenvalue weighted by atomic mass is 16.3. The van der Waals surface area contributed by atoms with Gasteiger partial charge >= 0.3 is 0 Å². The summed E-state index contributed by atoms with van der Waals surface area (Å²) in [5, 5.41) is 18.0. The molecular formula is C29H44N4O3. The maximum Gasteiger partial charge on any atom is 0.243 e. The van der Waals surface area contributed by atoms with Gasteiger partial charge in [0.05, 0.1) is 17.8 Å². The van der Waals surface area contributed by atoms with Gasteiger partial charge in [-0.05, 0) is 49.3 Å². The fraction of sp³-hybridized carbons (Fsp3) is 0.621. The van der Waals surface area contributed by atoms with Gasteiger partial charge in [-0.25, -0.2) is 0 Å². The number of aliphatic hydroxyl groups is 1. The molecule has 2 heterocycles. The molecule has 1 aromatic heterocycles. The third-order valence-corrected chi connectivity index (χ3v) is 7.62. The molecule has 1 saturated heterocycles. The van der Waals surface area contributed by atoms with Gasteiger partial charge in [0.1, 0.15) is 6.04 Å². The Bertz CT molecular complexity index is 1030. The van der Waals surface area contributed by atoms with Crippen LogP contribution < -0.4 is 5.32 Å². The number of carbonyl (C=O) groups is 2. The highest BCUT2D eigenvalue weighted by Gasteiger charge is 2.41. The fourth-order valence-electron chi connectivity index (χ4n) is 5.34. The highest BCUT2D eigenvalue weighted by Crippen LogP contribution is 2.36. The smallest absolute Gasteiger partial charge is 0.243 e. The molecule has 7 nitrogen and oxygen atoms in total. The van der Waals surface area contributed by atoms with Crippen molar-refractivity contribution in [2.45, 2.75) is 98.4 Å². The van der Waals surface area contributed by atoms with Gasteiger partial charge in [0, 0.05) is 37.2 Å². The second-order valence-electron chi connectivity index (χ2n) is 10.1. The molecule has 4 unspecified atom stereocenters. The molecule has 0 radical (unpaired) electrons. The Morgan fingerprint density at radius 1 is 1.17 bits per heavy atom. The van der Waals surface area contributed by atoms with Gasteiger partial charge in [0.15, 0.2) is 0 Å². The zero-order valence-corrected chi connectivity index (χ0v) is 22.8. The molecule has 0 spiro atoms. The van der Waals surface area contributed by atoms with E-state index in [4.69, 9.17) is 0 Å². The number of nitrogens with zero attached hydrogens (tertiary/aromatic N) is 3. The van der Waals surface area contributed by atoms with Crippen molar-refractivity contribution in [3.05, 3.63) is 41.6 Å². The van der Waals surface area contributed by atoms with E-state index in [0.717, 1.165) is 43.5 Å². The molecule has 36 heavy (non-hydrogen) atoms. The number of aliphatic hydroxyl groups excluding tert-OH is 1. The van der Waals surface area contributed by atoms with Crippen molar-refractivity contribution in [1.82, 2.24) is 20.0 Å². The highest BCUT2D eigenvalue weighted by molar-refractivity contribution is 5.89. The van der Waals surface area contributed by atoms with Gasteiger partial charge in [0.2, 0.25) is 11.8 Å². The summed E-state index contributed by atoms with van der Waals surface area (Å²) in [5.41, 5.74) is 4.70. The number of nitrogens with one attached hydrogen (secondary N) is 1. The van der Waals surface area contributed by atoms with E-state index in [-0.39, 0.29) is 42.7 Å². The summed E-state index contributed by atoms with van der Waals surface area (Å²) >= 11 is 0. The first-order valence-corrected chi connectivity index (χ1v) is 13.7. The SMILES string of the molecule is CC.CCn1nccc1-c1cccc2c1CCCCC2NC(=O)C1CC(O)CN1C(=O)C(C)C(C)C. The van der Waals surface area contributed by atoms with Crippen molar-refractivity contribution in [1.29, 1.82) is 0 Å². The number of likely N-dealkylation sites (tertiary alicyclic amines) is 1. The number of β-amino-alcohol motifs (C(OH)–C–C–N with tert-alkyl or cyclic N) is 1. The number of hydrogen-bond acceptors (Lipinski definition) is 4. The molecule has 1 aliphatic heterocycles. The Labute approximate surface area is 216 Å². The summed E-state index contributed by atoms with van der Waals surface area (Å²) in [5.74, 6) is -0.228. The topological polar surface area (TPSA) is 87.5 Å². The molecule has 4 rings (SSSR count). The molecule has 7 heteroatoms. The van der Waals surface area contributed by atoms with Crippen LogP contribution in [0.25, 0.3) is 11.3 Å². The molecule has 0 bridgehead atoms. The van der Waals surface area contributed by atoms with Crippen LogP contribution in [0.4, 0.5) is 0 Å². The average Bonchev–Trinajstić information content (AvgIpc) is 3.46. The Morgan fingerprint density at radius 2 is 1.92 bits per heavy atom. The third-order valence-electron chi connectivity index (χ3n) is 7.62. The fourth-order valence-corrected chi connectivity index (χ4v) is 5.34. The van der Waals surface area contributed by atoms with Crippen molar-refractivity contribution >= 4 is 11.8 Å². The van der Waals surface area contributed by atoms with Crippen LogP contribution in [0.2, 0.25) is 0 Å². The van der Waals surface area contributed by atoms with Gasteiger partial charge in [0.25, 0.3) is 0 Å². The summed E-state index contributed by atoms with van der Waals surface area (Å²) in [6.45, 7) is 13.0. The quantitative estimate of drug-likeness (QED) is 0.566. The van der Waals surface area contributed by atoms with E-state index < -0.39 is 12.1 Å². The van der Waals surface area contributed by atoms with Crippen LogP contribution >= 0.6 is 0 Å². The largest absolute Gasteiger partial charge is 0.391 e. The lowest BCUT2D eigenvalue weighted by Crippen LogP contribution is -2.48. The number of hydrogen-bond donors (Lipinski definition) is 2. The van der Waals surface area contributed by atoms with Crippen molar-refractivity contribution < 1.29 is 14.7 Å². The molecule has 4 atom stereocenters. The number of rotatable bonds is 6. The van der Waals surface area contributed by atoms with Crippen LogP contribution in [0.1, 0.15) is 84.4 Å². The first kappa shape index (κ1) is 27.9. The first-order chi connectivity index (χ1) is 17.3. The number of amides is 2. The van der Waals surface area contributed by atoms with Crippen molar-refractivity contribution in [3.8, 4) is 11.3 Å². The predicted octanol–water partition coefficient (Wildman–Crippen LogP) is 4.73. The van der Waals surface area contributed by atoms with Crippen LogP contribution in [-0.2, 0) is 22.6 Å². The van der Waals surface area contributed by atoms with E-state index in [1.54, 1.807) is 4.90 Å². The standard InChI is InChI=1S/C27H38N4O3.C2H6/c1-5-31-24(13-14-28-31)22-11-8-10-21-20(22)9-6-7-12-23(21)29-26(33)25-15-19(32)16-30(25)27(34)18(4)17(2)3;1-2/h8,10-11,13-14,17-19,23,25,32H,5-7,9,12,15-16H2,1-4H3,(H,29,33);1-2H3. The molecule has 2 aromatic rings. The first-order valence-electron chi connectivity index (χ1n) is 13.7. The monoisotopic (exact) mass is 496 g/mol. The van der Waals surface area contributed by atoms with Gasteiger partial charge < -0.3 is 15.3 Å². The van der Waals surface area contributed by atoms with Crippen LogP contribution in [0.3, 0.4) is 0 Å². The minimum atomic E-state index is -0.665. The van der Waals surface area contributed by atoms with Crippen molar-refractivity contribution in [3.63, 3.8) is 0 Å². The zero-order chi connectivity index (χ0) is 26.4. The van der Waals surface area contributed by atoms with E-state index in [9.17, 15) is 14.7 Å². The summed E-state index contributed by atoms with van der Waals surface area (Å²) in [6.07, 6.45) is 5.37. The molecule has 0 saturated carbocycles. The van der Waals surface area contributed by atoms with E-state index in [1.165, 1.54) is 11.1 Å². The lowest BCUT2D eigenvalue weighted by Gasteiger charge is -2.30. The molecule has 198 valence electrons. The number of aromatic nitrogens is 2. The summed E-state index contributed by atoms with van der Waals surface area (Å²) < 4.78 is 2.01. The predicted molar refractivity (Wildman–Crippen MR) is 143 cm³/mol. The number of aryl methyl sites for hydroxylation is 1. The van der Waals surface area contributed by atoms with Crippen LogP contribution in [0.5, 0.6) is 0 Å². The Hall–Kier alpha value is -2.67.